The number of nitrogens with zero attached hydrogens (tertiary/aromatic N) is 1. The van der Waals surface area contributed by atoms with Gasteiger partial charge in [0.1, 0.15) is 6.04 Å². The van der Waals surface area contributed by atoms with Gasteiger partial charge in [-0.25, -0.2) is 4.79 Å². The molecule has 0 aromatic heterocycles. The summed E-state index contributed by atoms with van der Waals surface area (Å²) in [6.45, 7) is 3.01. The van der Waals surface area contributed by atoms with Crippen LogP contribution in [0.1, 0.15) is 20.3 Å². The van der Waals surface area contributed by atoms with Crippen molar-refractivity contribution in [3.63, 3.8) is 0 Å². The van der Waals surface area contributed by atoms with E-state index in [2.05, 4.69) is 4.74 Å². The maximum absolute atomic E-state index is 11.7. The van der Waals surface area contributed by atoms with E-state index in [-0.39, 0.29) is 13.0 Å². The minimum absolute atomic E-state index is 0.194. The minimum atomic E-state index is -1.02. The lowest BCUT2D eigenvalue weighted by atomic mass is 9.84. The number of esters is 2. The van der Waals surface area contributed by atoms with E-state index in [0.717, 1.165) is 12.0 Å². The summed E-state index contributed by atoms with van der Waals surface area (Å²) in [7, 11) is 1.16. The highest BCUT2D eigenvalue weighted by Crippen LogP contribution is 2.30. The van der Waals surface area contributed by atoms with E-state index < -0.39 is 35.7 Å². The van der Waals surface area contributed by atoms with Crippen molar-refractivity contribution in [2.45, 2.75) is 26.3 Å². The molecule has 1 saturated heterocycles. The van der Waals surface area contributed by atoms with Crippen LogP contribution in [0.4, 0.5) is 0 Å². The van der Waals surface area contributed by atoms with Crippen molar-refractivity contribution in [3.8, 4) is 0 Å². The van der Waals surface area contributed by atoms with Crippen LogP contribution in [0.25, 0.3) is 0 Å². The number of ether oxygens (including phenoxy) is 2. The number of methoxy groups -OCH3 is 1. The first-order valence-corrected chi connectivity index (χ1v) is 5.51. The van der Waals surface area contributed by atoms with Gasteiger partial charge in [-0.2, -0.15) is 0 Å². The number of hydrogen-bond acceptors (Lipinski definition) is 6. The van der Waals surface area contributed by atoms with E-state index in [1.807, 2.05) is 0 Å². The van der Waals surface area contributed by atoms with Gasteiger partial charge in [0, 0.05) is 6.92 Å². The first kappa shape index (κ1) is 14.1. The average Bonchev–Trinajstić information content (AvgIpc) is 2.31. The predicted molar refractivity (Wildman–Crippen MR) is 58.1 cm³/mol. The molecule has 0 N–H and O–H groups in total. The van der Waals surface area contributed by atoms with E-state index in [1.54, 1.807) is 6.92 Å². The third kappa shape index (κ3) is 2.49. The van der Waals surface area contributed by atoms with Crippen molar-refractivity contribution in [3.05, 3.63) is 0 Å². The number of carbonyl (C=O) groups is 4. The molecule has 2 atom stereocenters. The molecule has 0 bridgehead atoms. The van der Waals surface area contributed by atoms with Crippen molar-refractivity contribution in [2.24, 2.45) is 5.92 Å². The summed E-state index contributed by atoms with van der Waals surface area (Å²) in [6, 6.07) is -1.02. The Morgan fingerprint density at radius 2 is 1.94 bits per heavy atom. The Kier molecular flexibility index (Phi) is 4.41. The smallest absolute Gasteiger partial charge is 0.329 e. The number of rotatable bonds is 4. The molecule has 7 nitrogen and oxygen atoms in total. The van der Waals surface area contributed by atoms with E-state index in [4.69, 9.17) is 4.74 Å². The number of imide groups is 1. The van der Waals surface area contributed by atoms with Gasteiger partial charge >= 0.3 is 11.9 Å². The van der Waals surface area contributed by atoms with E-state index in [9.17, 15) is 19.2 Å². The van der Waals surface area contributed by atoms with Crippen LogP contribution in [0.2, 0.25) is 0 Å². The molecule has 0 aromatic carbocycles. The van der Waals surface area contributed by atoms with Crippen LogP contribution in [-0.4, -0.2) is 48.4 Å². The molecule has 1 rings (SSSR count). The third-order valence-electron chi connectivity index (χ3n) is 2.69. The fourth-order valence-corrected chi connectivity index (χ4v) is 1.89. The number of amides is 2. The maximum atomic E-state index is 11.7. The molecule has 1 fully saturated rings. The van der Waals surface area contributed by atoms with Gasteiger partial charge < -0.3 is 9.47 Å². The SMILES string of the molecule is CCOC(=O)CC1C(=O)N(C(C)=O)C1C(=O)OC. The molecular weight excluding hydrogens is 242 g/mol. The Hall–Kier alpha value is -1.92. The second-order valence-electron chi connectivity index (χ2n) is 3.81. The van der Waals surface area contributed by atoms with Crippen molar-refractivity contribution in [1.29, 1.82) is 0 Å². The van der Waals surface area contributed by atoms with Gasteiger partial charge in [-0.15, -0.1) is 0 Å². The predicted octanol–water partition coefficient (Wildman–Crippen LogP) is -0.514. The Morgan fingerprint density at radius 3 is 2.39 bits per heavy atom. The summed E-state index contributed by atoms with van der Waals surface area (Å²) >= 11 is 0. The molecule has 2 amide bonds. The molecule has 100 valence electrons. The van der Waals surface area contributed by atoms with Gasteiger partial charge in [-0.1, -0.05) is 0 Å². The molecule has 2 unspecified atom stereocenters. The number of likely N-dealkylation sites (tertiary alicyclic amines) is 1. The molecule has 0 radical (unpaired) electrons. The largest absolute Gasteiger partial charge is 0.467 e. The molecule has 1 heterocycles. The minimum Gasteiger partial charge on any atom is -0.467 e. The zero-order chi connectivity index (χ0) is 13.9. The lowest BCUT2D eigenvalue weighted by Crippen LogP contribution is -2.66. The number of hydrogen-bond donors (Lipinski definition) is 0. The summed E-state index contributed by atoms with van der Waals surface area (Å²) in [4.78, 5) is 46.4. The van der Waals surface area contributed by atoms with Crippen LogP contribution >= 0.6 is 0 Å². The van der Waals surface area contributed by atoms with E-state index >= 15 is 0 Å². The van der Waals surface area contributed by atoms with Gasteiger partial charge in [-0.3, -0.25) is 19.3 Å². The third-order valence-corrected chi connectivity index (χ3v) is 2.69. The first-order chi connectivity index (χ1) is 8.43. The summed E-state index contributed by atoms with van der Waals surface area (Å²) in [6.07, 6.45) is -0.226. The fraction of sp³-hybridized carbons (Fsp3) is 0.636. The van der Waals surface area contributed by atoms with Crippen LogP contribution in [0.15, 0.2) is 0 Å². The maximum Gasteiger partial charge on any atom is 0.329 e. The summed E-state index contributed by atoms with van der Waals surface area (Å²) in [5, 5.41) is 0. The van der Waals surface area contributed by atoms with Crippen LogP contribution in [-0.2, 0) is 28.7 Å². The van der Waals surface area contributed by atoms with E-state index in [0.29, 0.717) is 0 Å². The molecule has 0 saturated carbocycles. The van der Waals surface area contributed by atoms with Crippen LogP contribution in [0, 0.1) is 5.92 Å². The molecule has 0 aromatic rings. The quantitative estimate of drug-likeness (QED) is 0.497. The molecule has 7 heteroatoms. The topological polar surface area (TPSA) is 90.0 Å². The lowest BCUT2D eigenvalue weighted by molar-refractivity contribution is -0.180. The molecule has 0 aliphatic carbocycles. The highest BCUT2D eigenvalue weighted by molar-refractivity contribution is 6.08. The molecule has 18 heavy (non-hydrogen) atoms. The van der Waals surface area contributed by atoms with Crippen LogP contribution in [0.3, 0.4) is 0 Å². The number of β-lactam (4-membered cyclic amide) rings is 1. The summed E-state index contributed by atoms with van der Waals surface area (Å²) < 4.78 is 9.22. The van der Waals surface area contributed by atoms with Crippen molar-refractivity contribution >= 4 is 23.8 Å². The average molecular weight is 257 g/mol. The Labute approximate surface area is 104 Å². The van der Waals surface area contributed by atoms with Crippen molar-refractivity contribution in [2.75, 3.05) is 13.7 Å². The van der Waals surface area contributed by atoms with Gasteiger partial charge in [0.15, 0.2) is 0 Å². The van der Waals surface area contributed by atoms with Crippen molar-refractivity contribution < 1.29 is 28.7 Å². The first-order valence-electron chi connectivity index (χ1n) is 5.51. The second-order valence-corrected chi connectivity index (χ2v) is 3.81. The Balaban J connectivity index is 2.78. The second kappa shape index (κ2) is 5.61. The molecule has 1 aliphatic rings. The Bertz CT molecular complexity index is 391. The molecule has 0 spiro atoms. The standard InChI is InChI=1S/C11H15NO6/c1-4-18-8(14)5-7-9(11(16)17-3)12(6(2)13)10(7)15/h7,9H,4-5H2,1-3H3. The highest BCUT2D eigenvalue weighted by atomic mass is 16.5. The molecule has 1 aliphatic heterocycles. The normalized spacial score (nSPS) is 22.2. The van der Waals surface area contributed by atoms with Gasteiger partial charge in [0.25, 0.3) is 0 Å². The molecular formula is C11H15NO6. The van der Waals surface area contributed by atoms with Crippen LogP contribution < -0.4 is 0 Å². The van der Waals surface area contributed by atoms with Crippen LogP contribution in [0.5, 0.6) is 0 Å². The zero-order valence-corrected chi connectivity index (χ0v) is 10.5. The van der Waals surface area contributed by atoms with Crippen molar-refractivity contribution in [1.82, 2.24) is 4.90 Å². The summed E-state index contributed by atoms with van der Waals surface area (Å²) in [5.74, 6) is -3.26. The van der Waals surface area contributed by atoms with E-state index in [1.165, 1.54) is 6.92 Å². The zero-order valence-electron chi connectivity index (χ0n) is 10.5. The number of carbonyl (C=O) groups excluding carboxylic acids is 4. The monoisotopic (exact) mass is 257 g/mol. The highest BCUT2D eigenvalue weighted by Gasteiger charge is 2.54. The fourth-order valence-electron chi connectivity index (χ4n) is 1.89. The summed E-state index contributed by atoms with van der Waals surface area (Å²) in [5.41, 5.74) is 0. The lowest BCUT2D eigenvalue weighted by Gasteiger charge is -2.42. The van der Waals surface area contributed by atoms with Gasteiger partial charge in [0.2, 0.25) is 11.8 Å². The van der Waals surface area contributed by atoms with Gasteiger partial charge in [-0.05, 0) is 6.92 Å². The Morgan fingerprint density at radius 1 is 1.33 bits per heavy atom. The van der Waals surface area contributed by atoms with Gasteiger partial charge in [0.05, 0.1) is 26.1 Å².